The molecule has 154 valence electrons. The number of pyridine rings is 2. The van der Waals surface area contributed by atoms with Gasteiger partial charge in [0.1, 0.15) is 16.9 Å². The van der Waals surface area contributed by atoms with Crippen molar-refractivity contribution in [2.24, 2.45) is 0 Å². The molecule has 0 aliphatic carbocycles. The molecule has 5 heterocycles. The van der Waals surface area contributed by atoms with Crippen molar-refractivity contribution in [2.45, 2.75) is 24.7 Å². The first-order valence-electron chi connectivity index (χ1n) is 10.2. The second kappa shape index (κ2) is 7.53. The maximum absolute atomic E-state index is 13.2. The number of piperidine rings is 1. The highest BCUT2D eigenvalue weighted by atomic mass is 16.5. The van der Waals surface area contributed by atoms with Gasteiger partial charge in [-0.2, -0.15) is 0 Å². The number of carbonyl (C=O) groups excluding carboxylic acids is 1. The van der Waals surface area contributed by atoms with E-state index in [1.165, 1.54) is 29.7 Å². The molecule has 0 saturated carbocycles. The van der Waals surface area contributed by atoms with Gasteiger partial charge < -0.3 is 15.0 Å². The van der Waals surface area contributed by atoms with Gasteiger partial charge in [0, 0.05) is 25.4 Å². The summed E-state index contributed by atoms with van der Waals surface area (Å²) in [4.78, 5) is 36.8. The summed E-state index contributed by atoms with van der Waals surface area (Å²) in [6.07, 6.45) is 7.15. The van der Waals surface area contributed by atoms with Crippen molar-refractivity contribution in [3.63, 3.8) is 0 Å². The summed E-state index contributed by atoms with van der Waals surface area (Å²) in [5.74, 6) is -0.0356. The third kappa shape index (κ3) is 3.23. The summed E-state index contributed by atoms with van der Waals surface area (Å²) in [5.41, 5.74) is 1.11. The van der Waals surface area contributed by atoms with E-state index in [0.29, 0.717) is 11.3 Å². The van der Waals surface area contributed by atoms with E-state index in [2.05, 4.69) is 20.2 Å². The topological polar surface area (TPSA) is 88.8 Å². The van der Waals surface area contributed by atoms with Gasteiger partial charge in [-0.1, -0.05) is 6.07 Å². The summed E-state index contributed by atoms with van der Waals surface area (Å²) < 4.78 is 6.82. The Hall–Kier alpha value is -3.26. The Morgan fingerprint density at radius 3 is 2.63 bits per heavy atom. The number of amides is 1. The highest BCUT2D eigenvalue weighted by molar-refractivity contribution is 5.99. The Morgan fingerprint density at radius 2 is 1.93 bits per heavy atom. The first-order chi connectivity index (χ1) is 14.7. The van der Waals surface area contributed by atoms with Gasteiger partial charge in [-0.05, 0) is 43.5 Å². The van der Waals surface area contributed by atoms with Crippen molar-refractivity contribution in [3.05, 3.63) is 64.8 Å². The smallest absolute Gasteiger partial charge is 0.259 e. The lowest BCUT2D eigenvalue weighted by molar-refractivity contribution is -0.140. The van der Waals surface area contributed by atoms with Crippen molar-refractivity contribution in [2.75, 3.05) is 36.5 Å². The van der Waals surface area contributed by atoms with E-state index in [0.717, 1.165) is 18.8 Å². The van der Waals surface area contributed by atoms with Gasteiger partial charge in [0.2, 0.25) is 5.91 Å². The number of aromatic nitrogens is 3. The third-order valence-electron chi connectivity index (χ3n) is 5.90. The zero-order chi connectivity index (χ0) is 20.6. The van der Waals surface area contributed by atoms with Crippen molar-refractivity contribution >= 4 is 23.1 Å². The molecule has 2 aliphatic heterocycles. The van der Waals surface area contributed by atoms with Crippen LogP contribution in [0, 0.1) is 0 Å². The van der Waals surface area contributed by atoms with Crippen LogP contribution in [0.4, 0.5) is 11.5 Å². The number of carbonyl (C=O) groups is 1. The SMILES string of the molecule is O=C(Nc1cc(=O)n2ccccc2n1)C1(c2ccc(N3CCCCC3)cn2)COC1. The Kier molecular flexibility index (Phi) is 4.71. The van der Waals surface area contributed by atoms with E-state index in [-0.39, 0.29) is 30.5 Å². The van der Waals surface area contributed by atoms with E-state index in [9.17, 15) is 9.59 Å². The Morgan fingerprint density at radius 1 is 1.10 bits per heavy atom. The highest BCUT2D eigenvalue weighted by Gasteiger charge is 2.49. The molecule has 3 aromatic rings. The van der Waals surface area contributed by atoms with Crippen LogP contribution in [0.5, 0.6) is 0 Å². The second-order valence-corrected chi connectivity index (χ2v) is 7.89. The minimum Gasteiger partial charge on any atom is -0.378 e. The maximum atomic E-state index is 13.2. The number of fused-ring (bicyclic) bond motifs is 1. The van der Waals surface area contributed by atoms with Crippen molar-refractivity contribution < 1.29 is 9.53 Å². The predicted molar refractivity (Wildman–Crippen MR) is 113 cm³/mol. The highest BCUT2D eigenvalue weighted by Crippen LogP contribution is 2.33. The van der Waals surface area contributed by atoms with Gasteiger partial charge >= 0.3 is 0 Å². The maximum Gasteiger partial charge on any atom is 0.259 e. The largest absolute Gasteiger partial charge is 0.378 e. The number of nitrogens with zero attached hydrogens (tertiary/aromatic N) is 4. The molecule has 2 fully saturated rings. The standard InChI is InChI=1S/C22H23N5O3/c28-20-12-18(24-19-6-2-5-11-27(19)20)25-21(29)22(14-30-15-22)17-8-7-16(13-23-17)26-9-3-1-4-10-26/h2,5-8,11-13H,1,3-4,9-10,14-15H2,(H,25,29). The molecule has 30 heavy (non-hydrogen) atoms. The fraction of sp³-hybridized carbons (Fsp3) is 0.364. The Bertz CT molecular complexity index is 1130. The molecule has 2 saturated heterocycles. The molecule has 5 rings (SSSR count). The minimum absolute atomic E-state index is 0.229. The normalized spacial score (nSPS) is 18.1. The van der Waals surface area contributed by atoms with Crippen LogP contribution >= 0.6 is 0 Å². The summed E-state index contributed by atoms with van der Waals surface area (Å²) in [6, 6.07) is 10.5. The zero-order valence-electron chi connectivity index (χ0n) is 16.6. The molecule has 0 bridgehead atoms. The molecule has 0 unspecified atom stereocenters. The molecular weight excluding hydrogens is 382 g/mol. The average molecular weight is 405 g/mol. The Balaban J connectivity index is 1.39. The van der Waals surface area contributed by atoms with Gasteiger partial charge in [-0.25, -0.2) is 4.98 Å². The van der Waals surface area contributed by atoms with Gasteiger partial charge in [0.25, 0.3) is 5.56 Å². The lowest BCUT2D eigenvalue weighted by atomic mass is 9.81. The van der Waals surface area contributed by atoms with Crippen LogP contribution in [0.3, 0.4) is 0 Å². The summed E-state index contributed by atoms with van der Waals surface area (Å²) in [7, 11) is 0. The second-order valence-electron chi connectivity index (χ2n) is 7.89. The Labute approximate surface area is 173 Å². The lowest BCUT2D eigenvalue weighted by Gasteiger charge is -2.39. The quantitative estimate of drug-likeness (QED) is 0.714. The van der Waals surface area contributed by atoms with Crippen LogP contribution in [0.1, 0.15) is 25.0 Å². The monoisotopic (exact) mass is 405 g/mol. The predicted octanol–water partition coefficient (Wildman–Crippen LogP) is 1.99. The molecule has 0 spiro atoms. The zero-order valence-corrected chi connectivity index (χ0v) is 16.6. The molecule has 1 amide bonds. The van der Waals surface area contributed by atoms with Gasteiger partial charge in [0.15, 0.2) is 0 Å². The van der Waals surface area contributed by atoms with Crippen LogP contribution in [0.2, 0.25) is 0 Å². The number of nitrogens with one attached hydrogen (secondary N) is 1. The molecule has 1 N–H and O–H groups in total. The molecule has 0 aromatic carbocycles. The van der Waals surface area contributed by atoms with Crippen LogP contribution < -0.4 is 15.8 Å². The lowest BCUT2D eigenvalue weighted by Crippen LogP contribution is -2.56. The van der Waals surface area contributed by atoms with Crippen molar-refractivity contribution in [1.29, 1.82) is 0 Å². The molecule has 0 atom stereocenters. The molecule has 8 nitrogen and oxygen atoms in total. The third-order valence-corrected chi connectivity index (χ3v) is 5.90. The average Bonchev–Trinajstić information content (AvgIpc) is 2.74. The number of ether oxygens (including phenoxy) is 1. The van der Waals surface area contributed by atoms with E-state index in [1.807, 2.05) is 18.3 Å². The first-order valence-corrected chi connectivity index (χ1v) is 10.2. The van der Waals surface area contributed by atoms with E-state index >= 15 is 0 Å². The number of rotatable bonds is 4. The van der Waals surface area contributed by atoms with Crippen molar-refractivity contribution in [1.82, 2.24) is 14.4 Å². The fourth-order valence-electron chi connectivity index (χ4n) is 4.06. The van der Waals surface area contributed by atoms with Crippen LogP contribution in [0.15, 0.2) is 53.6 Å². The summed E-state index contributed by atoms with van der Waals surface area (Å²) >= 11 is 0. The van der Waals surface area contributed by atoms with E-state index < -0.39 is 5.41 Å². The summed E-state index contributed by atoms with van der Waals surface area (Å²) in [5, 5.41) is 2.80. The fourth-order valence-corrected chi connectivity index (χ4v) is 4.06. The molecular formula is C22H23N5O3. The van der Waals surface area contributed by atoms with Gasteiger partial charge in [-0.3, -0.25) is 19.0 Å². The molecule has 2 aliphatic rings. The van der Waals surface area contributed by atoms with Gasteiger partial charge in [-0.15, -0.1) is 0 Å². The van der Waals surface area contributed by atoms with Crippen LogP contribution in [-0.2, 0) is 14.9 Å². The van der Waals surface area contributed by atoms with E-state index in [1.54, 1.807) is 24.4 Å². The van der Waals surface area contributed by atoms with Gasteiger partial charge in [0.05, 0.1) is 30.8 Å². The number of hydrogen-bond donors (Lipinski definition) is 1. The molecule has 0 radical (unpaired) electrons. The molecule has 8 heteroatoms. The molecule has 3 aromatic heterocycles. The van der Waals surface area contributed by atoms with Crippen LogP contribution in [-0.4, -0.2) is 46.6 Å². The first kappa shape index (κ1) is 18.7. The summed E-state index contributed by atoms with van der Waals surface area (Å²) in [6.45, 7) is 2.58. The number of anilines is 2. The minimum atomic E-state index is -0.871. The van der Waals surface area contributed by atoms with Crippen LogP contribution in [0.25, 0.3) is 5.65 Å². The van der Waals surface area contributed by atoms with Crippen molar-refractivity contribution in [3.8, 4) is 0 Å². The number of hydrogen-bond acceptors (Lipinski definition) is 6. The van der Waals surface area contributed by atoms with E-state index in [4.69, 9.17) is 4.74 Å².